The number of halogens is 2. The molecule has 2 aromatic rings. The van der Waals surface area contributed by atoms with Crippen LogP contribution in [0.15, 0.2) is 42.5 Å². The predicted octanol–water partition coefficient (Wildman–Crippen LogP) is 3.49. The summed E-state index contributed by atoms with van der Waals surface area (Å²) in [5.74, 6) is -1.20. The molecule has 5 heteroatoms. The third-order valence-electron chi connectivity index (χ3n) is 2.84. The van der Waals surface area contributed by atoms with E-state index in [0.717, 1.165) is 6.07 Å². The second kappa shape index (κ2) is 6.62. The summed E-state index contributed by atoms with van der Waals surface area (Å²) in [7, 11) is 0. The van der Waals surface area contributed by atoms with E-state index in [1.807, 2.05) is 0 Å². The van der Waals surface area contributed by atoms with Gasteiger partial charge < -0.3 is 4.74 Å². The van der Waals surface area contributed by atoms with Gasteiger partial charge in [0, 0.05) is 12.0 Å². The molecule has 0 fully saturated rings. The van der Waals surface area contributed by atoms with Gasteiger partial charge in [-0.1, -0.05) is 6.07 Å². The standard InChI is InChI=1S/C16H11F2NO2/c17-12-6-4-11(5-7-12)15(20)8-9-21-16-3-1-2-14(18)13(16)10-19/h1-7H,8-9H2. The van der Waals surface area contributed by atoms with Crippen LogP contribution < -0.4 is 4.74 Å². The molecule has 0 aliphatic carbocycles. The van der Waals surface area contributed by atoms with E-state index in [4.69, 9.17) is 10.00 Å². The third-order valence-corrected chi connectivity index (χ3v) is 2.84. The average Bonchev–Trinajstić information content (AvgIpc) is 2.48. The van der Waals surface area contributed by atoms with Gasteiger partial charge >= 0.3 is 0 Å². The molecule has 0 aliphatic rings. The molecule has 0 atom stereocenters. The Hall–Kier alpha value is -2.74. The maximum absolute atomic E-state index is 13.3. The lowest BCUT2D eigenvalue weighted by molar-refractivity contribution is 0.0962. The molecule has 0 aliphatic heterocycles. The Balaban J connectivity index is 1.96. The summed E-state index contributed by atoms with van der Waals surface area (Å²) in [5, 5.41) is 8.84. The molecule has 3 nitrogen and oxygen atoms in total. The summed E-state index contributed by atoms with van der Waals surface area (Å²) in [6.45, 7) is 0.00828. The molecule has 21 heavy (non-hydrogen) atoms. The highest BCUT2D eigenvalue weighted by Crippen LogP contribution is 2.20. The summed E-state index contributed by atoms with van der Waals surface area (Å²) in [5.41, 5.74) is 0.187. The molecule has 0 saturated carbocycles. The summed E-state index contributed by atoms with van der Waals surface area (Å²) >= 11 is 0. The number of Topliss-reactive ketones (excluding diaryl/α,β-unsaturated/α-hetero) is 1. The maximum atomic E-state index is 13.3. The number of ketones is 1. The molecular weight excluding hydrogens is 276 g/mol. The molecule has 0 heterocycles. The van der Waals surface area contributed by atoms with Gasteiger partial charge in [0.2, 0.25) is 0 Å². The van der Waals surface area contributed by atoms with Crippen molar-refractivity contribution in [1.82, 2.24) is 0 Å². The Bertz CT molecular complexity index is 690. The third kappa shape index (κ3) is 3.63. The molecule has 0 unspecified atom stereocenters. The lowest BCUT2D eigenvalue weighted by atomic mass is 10.1. The molecule has 0 saturated heterocycles. The summed E-state index contributed by atoms with van der Waals surface area (Å²) < 4.78 is 31.3. The molecule has 0 N–H and O–H groups in total. The summed E-state index contributed by atoms with van der Waals surface area (Å²) in [4.78, 5) is 11.8. The van der Waals surface area contributed by atoms with Crippen molar-refractivity contribution in [1.29, 1.82) is 5.26 Å². The Labute approximate surface area is 120 Å². The Kier molecular flexibility index (Phi) is 4.62. The molecule has 0 aromatic heterocycles. The zero-order valence-electron chi connectivity index (χ0n) is 11.0. The van der Waals surface area contributed by atoms with Crippen LogP contribution in [-0.4, -0.2) is 12.4 Å². The smallest absolute Gasteiger partial charge is 0.166 e. The topological polar surface area (TPSA) is 50.1 Å². The van der Waals surface area contributed by atoms with Gasteiger partial charge in [-0.3, -0.25) is 4.79 Å². The second-order valence-corrected chi connectivity index (χ2v) is 4.25. The first-order chi connectivity index (χ1) is 10.1. The molecule has 106 valence electrons. The fraction of sp³-hybridized carbons (Fsp3) is 0.125. The van der Waals surface area contributed by atoms with Crippen LogP contribution in [0.3, 0.4) is 0 Å². The van der Waals surface area contributed by atoms with Crippen molar-refractivity contribution in [2.45, 2.75) is 6.42 Å². The van der Waals surface area contributed by atoms with E-state index in [1.54, 1.807) is 6.07 Å². The minimum Gasteiger partial charge on any atom is -0.492 e. The number of rotatable bonds is 5. The Morgan fingerprint density at radius 2 is 1.86 bits per heavy atom. The quantitative estimate of drug-likeness (QED) is 0.791. The van der Waals surface area contributed by atoms with Gasteiger partial charge in [-0.05, 0) is 36.4 Å². The highest BCUT2D eigenvalue weighted by atomic mass is 19.1. The van der Waals surface area contributed by atoms with Crippen molar-refractivity contribution in [3.8, 4) is 11.8 Å². The average molecular weight is 287 g/mol. The lowest BCUT2D eigenvalue weighted by Crippen LogP contribution is -2.07. The van der Waals surface area contributed by atoms with E-state index < -0.39 is 11.6 Å². The molecule has 0 radical (unpaired) electrons. The van der Waals surface area contributed by atoms with Gasteiger partial charge in [0.15, 0.2) is 5.78 Å². The van der Waals surface area contributed by atoms with Crippen LogP contribution in [0.5, 0.6) is 5.75 Å². The molecule has 2 aromatic carbocycles. The predicted molar refractivity (Wildman–Crippen MR) is 72.0 cm³/mol. The Morgan fingerprint density at radius 1 is 1.14 bits per heavy atom. The summed E-state index contributed by atoms with van der Waals surface area (Å²) in [6, 6.07) is 10.9. The first-order valence-corrected chi connectivity index (χ1v) is 6.22. The fourth-order valence-corrected chi connectivity index (χ4v) is 1.77. The lowest BCUT2D eigenvalue weighted by Gasteiger charge is -2.07. The monoisotopic (exact) mass is 287 g/mol. The number of ether oxygens (including phenoxy) is 1. The number of hydrogen-bond donors (Lipinski definition) is 0. The summed E-state index contributed by atoms with van der Waals surface area (Å²) in [6.07, 6.45) is 0.0486. The molecule has 0 bridgehead atoms. The van der Waals surface area contributed by atoms with E-state index in [1.165, 1.54) is 36.4 Å². The highest BCUT2D eigenvalue weighted by molar-refractivity contribution is 5.96. The zero-order chi connectivity index (χ0) is 15.2. The number of nitrogens with zero attached hydrogens (tertiary/aromatic N) is 1. The van der Waals surface area contributed by atoms with E-state index in [0.29, 0.717) is 5.56 Å². The van der Waals surface area contributed by atoms with Gasteiger partial charge in [-0.15, -0.1) is 0 Å². The van der Waals surface area contributed by atoms with Gasteiger partial charge in [0.25, 0.3) is 0 Å². The number of hydrogen-bond acceptors (Lipinski definition) is 3. The first kappa shape index (κ1) is 14.7. The normalized spacial score (nSPS) is 9.95. The molecule has 2 rings (SSSR count). The molecule has 0 spiro atoms. The minimum atomic E-state index is -0.667. The first-order valence-electron chi connectivity index (χ1n) is 6.22. The van der Waals surface area contributed by atoms with Crippen molar-refractivity contribution >= 4 is 5.78 Å². The van der Waals surface area contributed by atoms with Crippen molar-refractivity contribution in [3.63, 3.8) is 0 Å². The van der Waals surface area contributed by atoms with E-state index in [9.17, 15) is 13.6 Å². The zero-order valence-corrected chi connectivity index (χ0v) is 11.0. The van der Waals surface area contributed by atoms with E-state index >= 15 is 0 Å². The SMILES string of the molecule is N#Cc1c(F)cccc1OCCC(=O)c1ccc(F)cc1. The van der Waals surface area contributed by atoms with Crippen LogP contribution in [0.2, 0.25) is 0 Å². The van der Waals surface area contributed by atoms with Crippen molar-refractivity contribution in [2.75, 3.05) is 6.61 Å². The van der Waals surface area contributed by atoms with Crippen molar-refractivity contribution < 1.29 is 18.3 Å². The van der Waals surface area contributed by atoms with E-state index in [2.05, 4.69) is 0 Å². The Morgan fingerprint density at radius 3 is 2.52 bits per heavy atom. The number of carbonyl (C=O) groups excluding carboxylic acids is 1. The van der Waals surface area contributed by atoms with E-state index in [-0.39, 0.29) is 30.1 Å². The highest BCUT2D eigenvalue weighted by Gasteiger charge is 2.10. The molecular formula is C16H11F2NO2. The number of nitriles is 1. The van der Waals surface area contributed by atoms with Gasteiger partial charge in [0.05, 0.1) is 6.61 Å². The van der Waals surface area contributed by atoms with Crippen molar-refractivity contribution in [2.24, 2.45) is 0 Å². The second-order valence-electron chi connectivity index (χ2n) is 4.25. The van der Waals surface area contributed by atoms with Crippen LogP contribution in [0, 0.1) is 23.0 Å². The largest absolute Gasteiger partial charge is 0.492 e. The fourth-order valence-electron chi connectivity index (χ4n) is 1.77. The van der Waals surface area contributed by atoms with Crippen LogP contribution in [-0.2, 0) is 0 Å². The number of benzene rings is 2. The number of carbonyl (C=O) groups is 1. The van der Waals surface area contributed by atoms with Gasteiger partial charge in [0.1, 0.15) is 29.0 Å². The van der Waals surface area contributed by atoms with Crippen LogP contribution in [0.4, 0.5) is 8.78 Å². The van der Waals surface area contributed by atoms with Crippen LogP contribution in [0.1, 0.15) is 22.3 Å². The van der Waals surface area contributed by atoms with Crippen LogP contribution >= 0.6 is 0 Å². The maximum Gasteiger partial charge on any atom is 0.166 e. The molecule has 0 amide bonds. The van der Waals surface area contributed by atoms with Gasteiger partial charge in [-0.2, -0.15) is 5.26 Å². The minimum absolute atomic E-state index is 0.00828. The van der Waals surface area contributed by atoms with Crippen molar-refractivity contribution in [3.05, 3.63) is 65.2 Å². The van der Waals surface area contributed by atoms with Gasteiger partial charge in [-0.25, -0.2) is 8.78 Å². The van der Waals surface area contributed by atoms with Crippen LogP contribution in [0.25, 0.3) is 0 Å².